The van der Waals surface area contributed by atoms with E-state index in [1.165, 1.54) is 16.4 Å². The van der Waals surface area contributed by atoms with Gasteiger partial charge in [-0.05, 0) is 43.5 Å². The number of rotatable bonds is 7. The largest absolute Gasteiger partial charge is 0.380 e. The van der Waals surface area contributed by atoms with Crippen molar-refractivity contribution >= 4 is 21.4 Å². The minimum atomic E-state index is -3.84. The molecule has 1 aliphatic rings. The van der Waals surface area contributed by atoms with Crippen molar-refractivity contribution in [3.8, 4) is 5.69 Å². The van der Waals surface area contributed by atoms with E-state index in [-0.39, 0.29) is 10.6 Å². The van der Waals surface area contributed by atoms with Crippen LogP contribution in [-0.4, -0.2) is 40.5 Å². The molecule has 0 saturated carbocycles. The number of hydrogen-bond donors (Lipinski definition) is 1. The summed E-state index contributed by atoms with van der Waals surface area (Å²) in [5, 5.41) is 18.9. The fraction of sp³-hybridized carbons (Fsp3) is 0.286. The highest BCUT2D eigenvalue weighted by Gasteiger charge is 2.31. The third kappa shape index (κ3) is 4.30. The van der Waals surface area contributed by atoms with Crippen LogP contribution in [0.1, 0.15) is 24.1 Å². The molecule has 162 valence electrons. The van der Waals surface area contributed by atoms with E-state index in [1.807, 2.05) is 43.5 Å². The number of anilines is 1. The second-order valence-corrected chi connectivity index (χ2v) is 9.34. The quantitative estimate of drug-likeness (QED) is 0.444. The maximum atomic E-state index is 13.2. The molecule has 2 heterocycles. The van der Waals surface area contributed by atoms with Crippen LogP contribution in [-0.2, 0) is 16.6 Å². The van der Waals surface area contributed by atoms with Crippen molar-refractivity contribution < 1.29 is 13.3 Å². The van der Waals surface area contributed by atoms with Crippen molar-refractivity contribution in [2.75, 3.05) is 18.4 Å². The Morgan fingerprint density at radius 1 is 1.13 bits per heavy atom. The average Bonchev–Trinajstić information content (AvgIpc) is 3.44. The normalized spacial score (nSPS) is 14.6. The fourth-order valence-electron chi connectivity index (χ4n) is 3.68. The zero-order chi connectivity index (χ0) is 22.0. The predicted molar refractivity (Wildman–Crippen MR) is 117 cm³/mol. The molecule has 3 aromatic rings. The maximum Gasteiger partial charge on any atom is 0.270 e. The number of nitrogens with zero attached hydrogens (tertiary/aromatic N) is 4. The molecule has 1 aliphatic heterocycles. The van der Waals surface area contributed by atoms with Crippen LogP contribution >= 0.6 is 0 Å². The summed E-state index contributed by atoms with van der Waals surface area (Å²) in [6, 6.07) is 13.5. The molecule has 0 radical (unpaired) electrons. The van der Waals surface area contributed by atoms with Crippen LogP contribution in [0.4, 0.5) is 11.4 Å². The summed E-state index contributed by atoms with van der Waals surface area (Å²) in [6.45, 7) is 3.08. The summed E-state index contributed by atoms with van der Waals surface area (Å²) in [6.07, 6.45) is 3.43. The van der Waals surface area contributed by atoms with E-state index in [0.717, 1.165) is 35.9 Å². The van der Waals surface area contributed by atoms with Crippen molar-refractivity contribution in [3.63, 3.8) is 0 Å². The Morgan fingerprint density at radius 3 is 2.55 bits per heavy atom. The summed E-state index contributed by atoms with van der Waals surface area (Å²) in [5.41, 5.74) is 2.75. The molecular formula is C21H23N5O4S. The monoisotopic (exact) mass is 441 g/mol. The summed E-state index contributed by atoms with van der Waals surface area (Å²) in [4.78, 5) is 10.6. The van der Waals surface area contributed by atoms with E-state index >= 15 is 0 Å². The van der Waals surface area contributed by atoms with Crippen molar-refractivity contribution in [1.29, 1.82) is 0 Å². The first-order valence-corrected chi connectivity index (χ1v) is 11.4. The van der Waals surface area contributed by atoms with Crippen molar-refractivity contribution in [2.45, 2.75) is 31.2 Å². The lowest BCUT2D eigenvalue weighted by Crippen LogP contribution is -2.28. The smallest absolute Gasteiger partial charge is 0.270 e. The Labute approximate surface area is 180 Å². The van der Waals surface area contributed by atoms with Gasteiger partial charge in [-0.1, -0.05) is 18.2 Å². The van der Waals surface area contributed by atoms with Crippen LogP contribution in [0.25, 0.3) is 5.69 Å². The first kappa shape index (κ1) is 21.0. The zero-order valence-electron chi connectivity index (χ0n) is 17.1. The van der Waals surface area contributed by atoms with E-state index < -0.39 is 14.9 Å². The fourth-order valence-corrected chi connectivity index (χ4v) is 5.38. The van der Waals surface area contributed by atoms with Gasteiger partial charge in [-0.15, -0.1) is 0 Å². The minimum Gasteiger partial charge on any atom is -0.380 e. The first-order chi connectivity index (χ1) is 14.9. The molecule has 0 atom stereocenters. The molecule has 31 heavy (non-hydrogen) atoms. The molecule has 0 aliphatic carbocycles. The van der Waals surface area contributed by atoms with Gasteiger partial charge in [0.1, 0.15) is 4.90 Å². The molecule has 1 aromatic heterocycles. The molecule has 9 nitrogen and oxygen atoms in total. The lowest BCUT2D eigenvalue weighted by molar-refractivity contribution is -0.385. The Balaban J connectivity index is 1.68. The molecular weight excluding hydrogens is 418 g/mol. The predicted octanol–water partition coefficient (Wildman–Crippen LogP) is 3.49. The van der Waals surface area contributed by atoms with Gasteiger partial charge >= 0.3 is 0 Å². The van der Waals surface area contributed by atoms with Gasteiger partial charge in [0.2, 0.25) is 10.0 Å². The van der Waals surface area contributed by atoms with Gasteiger partial charge in [-0.25, -0.2) is 13.1 Å². The zero-order valence-corrected chi connectivity index (χ0v) is 17.9. The van der Waals surface area contributed by atoms with E-state index in [0.29, 0.717) is 25.3 Å². The number of nitro benzene ring substituents is 1. The standard InChI is InChI=1S/C21H23N5O4S/c1-16-10-13-25(23-16)20-7-3-2-6-17(20)15-22-19-9-8-18(26(27)28)14-21(19)31(29,30)24-11-4-5-12-24/h2-3,6-10,13-14,22H,4-5,11-12,15H2,1H3. The Kier molecular flexibility index (Phi) is 5.75. The highest BCUT2D eigenvalue weighted by Crippen LogP contribution is 2.31. The number of non-ortho nitro benzene ring substituents is 1. The van der Waals surface area contributed by atoms with Crippen LogP contribution in [0.5, 0.6) is 0 Å². The molecule has 1 fully saturated rings. The third-order valence-electron chi connectivity index (χ3n) is 5.29. The van der Waals surface area contributed by atoms with Crippen LogP contribution < -0.4 is 5.32 Å². The van der Waals surface area contributed by atoms with Gasteiger partial charge in [0.05, 0.1) is 22.0 Å². The SMILES string of the molecule is Cc1ccn(-c2ccccc2CNc2ccc([N+](=O)[O-])cc2S(=O)(=O)N2CCCC2)n1. The topological polar surface area (TPSA) is 110 Å². The number of aryl methyl sites for hydroxylation is 1. The van der Waals surface area contributed by atoms with E-state index in [9.17, 15) is 18.5 Å². The molecule has 0 amide bonds. The number of nitrogens with one attached hydrogen (secondary N) is 1. The Bertz CT molecular complexity index is 1220. The van der Waals surface area contributed by atoms with Crippen LogP contribution in [0.15, 0.2) is 59.6 Å². The number of aromatic nitrogens is 2. The van der Waals surface area contributed by atoms with Gasteiger partial charge in [0.25, 0.3) is 5.69 Å². The van der Waals surface area contributed by atoms with E-state index in [1.54, 1.807) is 4.68 Å². The highest BCUT2D eigenvalue weighted by molar-refractivity contribution is 7.89. The van der Waals surface area contributed by atoms with Gasteiger partial charge in [-0.2, -0.15) is 9.40 Å². The van der Waals surface area contributed by atoms with Crippen molar-refractivity contribution in [1.82, 2.24) is 14.1 Å². The molecule has 0 spiro atoms. The highest BCUT2D eigenvalue weighted by atomic mass is 32.2. The van der Waals surface area contributed by atoms with Crippen LogP contribution in [0.3, 0.4) is 0 Å². The van der Waals surface area contributed by atoms with Gasteiger partial charge in [0, 0.05) is 38.0 Å². The van der Waals surface area contributed by atoms with E-state index in [2.05, 4.69) is 10.4 Å². The lowest BCUT2D eigenvalue weighted by Gasteiger charge is -2.19. The molecule has 0 bridgehead atoms. The lowest BCUT2D eigenvalue weighted by atomic mass is 10.1. The summed E-state index contributed by atoms with van der Waals surface area (Å²) in [7, 11) is -3.84. The van der Waals surface area contributed by atoms with Gasteiger partial charge in [-0.3, -0.25) is 10.1 Å². The molecule has 2 aromatic carbocycles. The van der Waals surface area contributed by atoms with Gasteiger partial charge < -0.3 is 5.32 Å². The van der Waals surface area contributed by atoms with Crippen molar-refractivity contribution in [3.05, 3.63) is 76.1 Å². The summed E-state index contributed by atoms with van der Waals surface area (Å²) < 4.78 is 29.5. The number of para-hydroxylation sites is 1. The number of hydrogen-bond acceptors (Lipinski definition) is 6. The molecule has 10 heteroatoms. The second-order valence-electron chi connectivity index (χ2n) is 7.43. The minimum absolute atomic E-state index is 0.0731. The van der Waals surface area contributed by atoms with Gasteiger partial charge in [0.15, 0.2) is 0 Å². The number of benzene rings is 2. The van der Waals surface area contributed by atoms with Crippen LogP contribution in [0, 0.1) is 17.0 Å². The molecule has 0 unspecified atom stereocenters. The summed E-state index contributed by atoms with van der Waals surface area (Å²) >= 11 is 0. The first-order valence-electron chi connectivity index (χ1n) is 9.99. The third-order valence-corrected chi connectivity index (χ3v) is 7.23. The Morgan fingerprint density at radius 2 is 1.87 bits per heavy atom. The maximum absolute atomic E-state index is 13.2. The second kappa shape index (κ2) is 8.48. The molecule has 1 saturated heterocycles. The average molecular weight is 442 g/mol. The van der Waals surface area contributed by atoms with Crippen LogP contribution in [0.2, 0.25) is 0 Å². The Hall–Kier alpha value is -3.24. The summed E-state index contributed by atoms with van der Waals surface area (Å²) in [5.74, 6) is 0. The number of sulfonamides is 1. The van der Waals surface area contributed by atoms with E-state index in [4.69, 9.17) is 0 Å². The number of nitro groups is 1. The molecule has 1 N–H and O–H groups in total. The van der Waals surface area contributed by atoms with Crippen molar-refractivity contribution in [2.24, 2.45) is 0 Å². The molecule has 4 rings (SSSR count).